The van der Waals surface area contributed by atoms with Crippen LogP contribution >= 0.6 is 0 Å². The van der Waals surface area contributed by atoms with Gasteiger partial charge in [-0.3, -0.25) is 15.0 Å². The van der Waals surface area contributed by atoms with Gasteiger partial charge in [-0.25, -0.2) is 14.1 Å². The van der Waals surface area contributed by atoms with E-state index in [1.54, 1.807) is 25.1 Å². The Labute approximate surface area is 231 Å². The molecule has 5 heterocycles. The van der Waals surface area contributed by atoms with Crippen molar-refractivity contribution in [1.29, 1.82) is 0 Å². The molecule has 1 aromatic carbocycles. The molecule has 11 heteroatoms. The highest BCUT2D eigenvalue weighted by atomic mass is 19.1. The van der Waals surface area contributed by atoms with Crippen molar-refractivity contribution in [3.8, 4) is 17.1 Å². The fourth-order valence-electron chi connectivity index (χ4n) is 5.24. The number of aromatic nitrogens is 5. The van der Waals surface area contributed by atoms with E-state index in [0.29, 0.717) is 54.7 Å². The third kappa shape index (κ3) is 4.77. The Morgan fingerprint density at radius 3 is 2.60 bits per heavy atom. The van der Waals surface area contributed by atoms with Gasteiger partial charge in [0, 0.05) is 57.2 Å². The zero-order valence-corrected chi connectivity index (χ0v) is 23.2. The second-order valence-electron chi connectivity index (χ2n) is 10.2. The van der Waals surface area contributed by atoms with E-state index < -0.39 is 0 Å². The molecule has 1 fully saturated rings. The molecule has 10 nitrogen and oxygen atoms in total. The largest absolute Gasteiger partial charge is 0.494 e. The molecule has 0 amide bonds. The lowest BCUT2D eigenvalue weighted by Crippen LogP contribution is -2.52. The van der Waals surface area contributed by atoms with Crippen molar-refractivity contribution in [1.82, 2.24) is 24.7 Å². The molecule has 2 aliphatic rings. The predicted octanol–water partition coefficient (Wildman–Crippen LogP) is 4.55. The van der Waals surface area contributed by atoms with Gasteiger partial charge in [0.15, 0.2) is 11.6 Å². The summed E-state index contributed by atoms with van der Waals surface area (Å²) >= 11 is 0. The first-order chi connectivity index (χ1) is 19.3. The number of halogens is 1. The molecule has 0 atom stereocenters. The standard InChI is InChI=1S/C29H31FN8O2/c1-16-9-24-27(32-16)25(35-23-8-6-7-21(28(23)40-5)29-33-17(2)36-37(29)3)12-19(34-24)10-18-11-22(30)26(13-31-18)38-14-20(15-38)39-4/h6-8,11-13,20H,9-10,14-15H2,1-5H3,(H,34,35). The van der Waals surface area contributed by atoms with Gasteiger partial charge in [0.2, 0.25) is 0 Å². The number of fused-ring (bicyclic) bond motifs is 1. The number of pyridine rings is 2. The van der Waals surface area contributed by atoms with E-state index >= 15 is 0 Å². The Bertz CT molecular complexity index is 1630. The van der Waals surface area contributed by atoms with Gasteiger partial charge in [-0.15, -0.1) is 0 Å². The minimum Gasteiger partial charge on any atom is -0.494 e. The Kier molecular flexibility index (Phi) is 6.67. The molecule has 206 valence electrons. The van der Waals surface area contributed by atoms with Crippen LogP contribution in [0.1, 0.15) is 29.8 Å². The molecule has 0 unspecified atom stereocenters. The number of ether oxygens (including phenoxy) is 2. The molecule has 1 saturated heterocycles. The van der Waals surface area contributed by atoms with Gasteiger partial charge in [0.25, 0.3) is 0 Å². The number of hydrogen-bond donors (Lipinski definition) is 1. The van der Waals surface area contributed by atoms with E-state index in [2.05, 4.69) is 20.4 Å². The average Bonchev–Trinajstić information content (AvgIpc) is 3.44. The monoisotopic (exact) mass is 542 g/mol. The third-order valence-electron chi connectivity index (χ3n) is 7.22. The van der Waals surface area contributed by atoms with Gasteiger partial charge in [0.1, 0.15) is 17.3 Å². The number of methoxy groups -OCH3 is 2. The van der Waals surface area contributed by atoms with E-state index in [0.717, 1.165) is 39.7 Å². The van der Waals surface area contributed by atoms with Gasteiger partial charge in [-0.05, 0) is 38.1 Å². The van der Waals surface area contributed by atoms with E-state index in [1.165, 1.54) is 6.07 Å². The van der Waals surface area contributed by atoms with Crippen molar-refractivity contribution in [2.75, 3.05) is 37.5 Å². The van der Waals surface area contributed by atoms with Gasteiger partial charge in [-0.2, -0.15) is 5.10 Å². The smallest absolute Gasteiger partial charge is 0.161 e. The quantitative estimate of drug-likeness (QED) is 0.346. The topological polar surface area (TPSA) is 103 Å². The molecule has 0 saturated carbocycles. The van der Waals surface area contributed by atoms with Gasteiger partial charge >= 0.3 is 0 Å². The van der Waals surface area contributed by atoms with Crippen LogP contribution in [-0.4, -0.2) is 63.9 Å². The zero-order chi connectivity index (χ0) is 28.0. The molecule has 6 rings (SSSR count). The third-order valence-corrected chi connectivity index (χ3v) is 7.22. The van der Waals surface area contributed by atoms with Crippen LogP contribution in [0.2, 0.25) is 0 Å². The van der Waals surface area contributed by atoms with Gasteiger partial charge in [0.05, 0.1) is 47.7 Å². The molecular weight excluding hydrogens is 511 g/mol. The van der Waals surface area contributed by atoms with Crippen LogP contribution in [0.25, 0.3) is 11.4 Å². The maximum Gasteiger partial charge on any atom is 0.161 e. The molecule has 3 aromatic heterocycles. The normalized spacial score (nSPS) is 14.7. The number of anilines is 3. The van der Waals surface area contributed by atoms with E-state index in [4.69, 9.17) is 19.5 Å². The lowest BCUT2D eigenvalue weighted by Gasteiger charge is -2.39. The Hall–Kier alpha value is -4.38. The molecule has 2 aliphatic heterocycles. The number of nitrogens with zero attached hydrogens (tertiary/aromatic N) is 7. The lowest BCUT2D eigenvalue weighted by atomic mass is 10.1. The number of aryl methyl sites for hydroxylation is 2. The highest BCUT2D eigenvalue weighted by Crippen LogP contribution is 2.41. The van der Waals surface area contributed by atoms with Crippen molar-refractivity contribution >= 4 is 28.5 Å². The molecule has 1 N–H and O–H groups in total. The molecule has 40 heavy (non-hydrogen) atoms. The van der Waals surface area contributed by atoms with Gasteiger partial charge in [-0.1, -0.05) is 6.07 Å². The summed E-state index contributed by atoms with van der Waals surface area (Å²) < 4.78 is 27.9. The number of para-hydroxylation sites is 1. The van der Waals surface area contributed by atoms with Crippen molar-refractivity contribution in [2.24, 2.45) is 12.0 Å². The Balaban J connectivity index is 1.31. The molecule has 4 aromatic rings. The summed E-state index contributed by atoms with van der Waals surface area (Å²) in [7, 11) is 5.17. The lowest BCUT2D eigenvalue weighted by molar-refractivity contribution is 0.0783. The van der Waals surface area contributed by atoms with Crippen molar-refractivity contribution in [3.63, 3.8) is 0 Å². The fourth-order valence-corrected chi connectivity index (χ4v) is 5.24. The summed E-state index contributed by atoms with van der Waals surface area (Å²) in [5, 5.41) is 7.91. The SMILES string of the molecule is COc1c(Nc2cc(Cc3cc(F)c(N4CC(OC)C4)cn3)nc3c2N=C(C)C3)cccc1-c1nc(C)nn1C. The van der Waals surface area contributed by atoms with Gasteiger partial charge < -0.3 is 19.7 Å². The van der Waals surface area contributed by atoms with Crippen LogP contribution < -0.4 is 15.0 Å². The highest BCUT2D eigenvalue weighted by Gasteiger charge is 2.29. The number of benzene rings is 1. The summed E-state index contributed by atoms with van der Waals surface area (Å²) in [6, 6.07) is 9.29. The van der Waals surface area contributed by atoms with E-state index in [9.17, 15) is 4.39 Å². The second-order valence-corrected chi connectivity index (χ2v) is 10.2. The molecule has 0 spiro atoms. The summed E-state index contributed by atoms with van der Waals surface area (Å²) in [5.74, 6) is 1.74. The van der Waals surface area contributed by atoms with E-state index in [1.807, 2.05) is 50.1 Å². The molecule has 0 radical (unpaired) electrons. The summed E-state index contributed by atoms with van der Waals surface area (Å²) in [5.41, 5.74) is 6.90. The van der Waals surface area contributed by atoms with Crippen LogP contribution in [-0.2, 0) is 24.6 Å². The number of rotatable bonds is 8. The Morgan fingerprint density at radius 1 is 1.07 bits per heavy atom. The van der Waals surface area contributed by atoms with E-state index in [-0.39, 0.29) is 11.9 Å². The number of hydrogen-bond acceptors (Lipinski definition) is 9. The fraction of sp³-hybridized carbons (Fsp3) is 0.345. The van der Waals surface area contributed by atoms with Crippen molar-refractivity contribution < 1.29 is 13.9 Å². The first-order valence-corrected chi connectivity index (χ1v) is 13.1. The summed E-state index contributed by atoms with van der Waals surface area (Å²) in [6.45, 7) is 5.17. The minimum absolute atomic E-state index is 0.134. The summed E-state index contributed by atoms with van der Waals surface area (Å²) in [6.07, 6.45) is 2.77. The number of aliphatic imine (C=N–C) groups is 1. The van der Waals surface area contributed by atoms with Crippen LogP contribution in [0.5, 0.6) is 5.75 Å². The van der Waals surface area contributed by atoms with Crippen LogP contribution in [0.3, 0.4) is 0 Å². The predicted molar refractivity (Wildman–Crippen MR) is 152 cm³/mol. The maximum atomic E-state index is 15.0. The highest BCUT2D eigenvalue weighted by molar-refractivity contribution is 5.95. The first kappa shape index (κ1) is 25.9. The van der Waals surface area contributed by atoms with Crippen molar-refractivity contribution in [3.05, 3.63) is 65.3 Å². The molecule has 0 aliphatic carbocycles. The maximum absolute atomic E-state index is 15.0. The molecular formula is C29H31FN8O2. The van der Waals surface area contributed by atoms with Crippen LogP contribution in [0, 0.1) is 12.7 Å². The van der Waals surface area contributed by atoms with Crippen molar-refractivity contribution in [2.45, 2.75) is 32.8 Å². The number of nitrogens with one attached hydrogen (secondary N) is 1. The molecule has 0 bridgehead atoms. The van der Waals surface area contributed by atoms with Crippen LogP contribution in [0.4, 0.5) is 27.1 Å². The summed E-state index contributed by atoms with van der Waals surface area (Å²) in [4.78, 5) is 20.7. The zero-order valence-electron chi connectivity index (χ0n) is 23.2. The first-order valence-electron chi connectivity index (χ1n) is 13.1. The minimum atomic E-state index is -0.293. The second kappa shape index (κ2) is 10.3. The average molecular weight is 543 g/mol. The Morgan fingerprint density at radius 2 is 1.90 bits per heavy atom. The van der Waals surface area contributed by atoms with Crippen LogP contribution in [0.15, 0.2) is 41.5 Å².